The van der Waals surface area contributed by atoms with Crippen LogP contribution in [0, 0.1) is 5.82 Å². The number of nitrogens with two attached hydrogens (primary N) is 1. The van der Waals surface area contributed by atoms with Crippen LogP contribution in [0.1, 0.15) is 37.1 Å². The van der Waals surface area contributed by atoms with Crippen LogP contribution in [0.5, 0.6) is 0 Å². The first-order chi connectivity index (χ1) is 12.5. The summed E-state index contributed by atoms with van der Waals surface area (Å²) < 4.78 is 16.5. The van der Waals surface area contributed by atoms with Crippen molar-refractivity contribution < 1.29 is 9.50 Å². The largest absolute Gasteiger partial charge is 0.374 e. The summed E-state index contributed by atoms with van der Waals surface area (Å²) in [7, 11) is 0. The third-order valence-electron chi connectivity index (χ3n) is 5.35. The van der Waals surface area contributed by atoms with Gasteiger partial charge in [0.1, 0.15) is 12.0 Å². The molecule has 1 aliphatic heterocycles. The summed E-state index contributed by atoms with van der Waals surface area (Å²) in [6.07, 6.45) is 2.74. The molecule has 2 aromatic carbocycles. The Morgan fingerprint density at radius 1 is 1.35 bits per heavy atom. The van der Waals surface area contributed by atoms with Crippen molar-refractivity contribution in [3.63, 3.8) is 0 Å². The van der Waals surface area contributed by atoms with Crippen LogP contribution in [0.15, 0.2) is 42.6 Å². The molecule has 1 saturated heterocycles. The molecule has 0 aliphatic carbocycles. The molecule has 26 heavy (non-hydrogen) atoms. The normalized spacial score (nSPS) is 21.8. The highest BCUT2D eigenvalue weighted by Gasteiger charge is 2.31. The van der Waals surface area contributed by atoms with Crippen LogP contribution < -0.4 is 11.1 Å². The second kappa shape index (κ2) is 6.46. The molecule has 0 spiro atoms. The molecule has 3 aromatic rings. The summed E-state index contributed by atoms with van der Waals surface area (Å²) >= 11 is 0. The van der Waals surface area contributed by atoms with Crippen molar-refractivity contribution in [1.82, 2.24) is 15.1 Å². The molecule has 2 heterocycles. The smallest absolute Gasteiger partial charge is 0.130 e. The minimum atomic E-state index is -1.10. The fourth-order valence-corrected chi connectivity index (χ4v) is 3.86. The maximum Gasteiger partial charge on any atom is 0.130 e. The van der Waals surface area contributed by atoms with Gasteiger partial charge < -0.3 is 16.2 Å². The van der Waals surface area contributed by atoms with Gasteiger partial charge in [-0.05, 0) is 37.1 Å². The predicted molar refractivity (Wildman–Crippen MR) is 99.6 cm³/mol. The Hall–Kier alpha value is -2.28. The highest BCUT2D eigenvalue weighted by atomic mass is 19.1. The Morgan fingerprint density at radius 3 is 2.88 bits per heavy atom. The molecule has 136 valence electrons. The van der Waals surface area contributed by atoms with Gasteiger partial charge in [-0.3, -0.25) is 0 Å². The first-order valence-electron chi connectivity index (χ1n) is 8.91. The van der Waals surface area contributed by atoms with Crippen LogP contribution in [0.25, 0.3) is 16.6 Å². The average molecular weight is 354 g/mol. The van der Waals surface area contributed by atoms with E-state index in [2.05, 4.69) is 17.3 Å². The monoisotopic (exact) mass is 354 g/mol. The van der Waals surface area contributed by atoms with Crippen molar-refractivity contribution >= 4 is 10.9 Å². The number of nitrogens with one attached hydrogen (secondary N) is 1. The highest BCUT2D eigenvalue weighted by molar-refractivity contribution is 5.82. The van der Waals surface area contributed by atoms with Gasteiger partial charge in [-0.1, -0.05) is 31.2 Å². The maximum atomic E-state index is 14.9. The van der Waals surface area contributed by atoms with Crippen LogP contribution in [0.3, 0.4) is 0 Å². The van der Waals surface area contributed by atoms with E-state index in [9.17, 15) is 9.50 Å². The number of halogens is 1. The predicted octanol–water partition coefficient (Wildman–Crippen LogP) is 2.76. The lowest BCUT2D eigenvalue weighted by Crippen LogP contribution is -2.41. The third-order valence-corrected chi connectivity index (χ3v) is 5.35. The molecule has 0 radical (unpaired) electrons. The van der Waals surface area contributed by atoms with Gasteiger partial charge in [0.15, 0.2) is 0 Å². The molecule has 4 rings (SSSR count). The fourth-order valence-electron chi connectivity index (χ4n) is 3.86. The lowest BCUT2D eigenvalue weighted by Gasteiger charge is -2.35. The van der Waals surface area contributed by atoms with Gasteiger partial charge in [0, 0.05) is 29.1 Å². The molecule has 1 fully saturated rings. The zero-order valence-electron chi connectivity index (χ0n) is 14.7. The Bertz CT molecular complexity index is 944. The standard InChI is InChI=1S/C20H23FN4O/c1-20(8-3-9-23-12-20)16-7-6-14(10-17(16)21)25-11-13-4-2-5-15(19(22)26)18(13)24-25/h2,4-7,10-11,19,23,26H,3,8-9,12,22H2,1H3. The molecule has 4 N–H and O–H groups in total. The molecule has 2 unspecified atom stereocenters. The molecule has 2 atom stereocenters. The highest BCUT2D eigenvalue weighted by Crippen LogP contribution is 2.33. The van der Waals surface area contributed by atoms with Gasteiger partial charge in [-0.15, -0.1) is 0 Å². The van der Waals surface area contributed by atoms with Crippen molar-refractivity contribution in [3.8, 4) is 5.69 Å². The molecular formula is C20H23FN4O. The van der Waals surface area contributed by atoms with Crippen molar-refractivity contribution in [3.05, 3.63) is 59.5 Å². The van der Waals surface area contributed by atoms with E-state index in [1.54, 1.807) is 10.7 Å². The number of hydrogen-bond donors (Lipinski definition) is 3. The fraction of sp³-hybridized carbons (Fsp3) is 0.350. The molecule has 0 saturated carbocycles. The molecule has 6 heteroatoms. The molecule has 1 aromatic heterocycles. The number of piperidine rings is 1. The summed E-state index contributed by atoms with van der Waals surface area (Å²) in [5, 5.41) is 18.4. The van der Waals surface area contributed by atoms with E-state index in [1.807, 2.05) is 30.5 Å². The zero-order chi connectivity index (χ0) is 18.3. The van der Waals surface area contributed by atoms with Crippen LogP contribution in [0.4, 0.5) is 4.39 Å². The average Bonchev–Trinajstić information content (AvgIpc) is 3.06. The van der Waals surface area contributed by atoms with Crippen LogP contribution in [-0.2, 0) is 5.41 Å². The second-order valence-corrected chi connectivity index (χ2v) is 7.31. The number of aliphatic hydroxyl groups excluding tert-OH is 1. The quantitative estimate of drug-likeness (QED) is 0.632. The Kier molecular flexibility index (Phi) is 4.26. The van der Waals surface area contributed by atoms with E-state index in [-0.39, 0.29) is 11.2 Å². The van der Waals surface area contributed by atoms with Gasteiger partial charge in [-0.2, -0.15) is 5.10 Å². The number of rotatable bonds is 3. The topological polar surface area (TPSA) is 76.1 Å². The maximum absolute atomic E-state index is 14.9. The minimum absolute atomic E-state index is 0.188. The Morgan fingerprint density at radius 2 is 2.19 bits per heavy atom. The Labute approximate surface area is 151 Å². The molecule has 1 aliphatic rings. The molecule has 0 bridgehead atoms. The van der Waals surface area contributed by atoms with Crippen LogP contribution >= 0.6 is 0 Å². The minimum Gasteiger partial charge on any atom is -0.374 e. The van der Waals surface area contributed by atoms with Crippen LogP contribution in [0.2, 0.25) is 0 Å². The van der Waals surface area contributed by atoms with E-state index in [0.29, 0.717) is 16.8 Å². The number of aliphatic hydroxyl groups is 1. The van der Waals surface area contributed by atoms with E-state index >= 15 is 0 Å². The van der Waals surface area contributed by atoms with Crippen molar-refractivity contribution in [2.45, 2.75) is 31.4 Å². The van der Waals surface area contributed by atoms with E-state index in [0.717, 1.165) is 36.9 Å². The lowest BCUT2D eigenvalue weighted by molar-refractivity contribution is 0.187. The number of nitrogens with zero attached hydrogens (tertiary/aromatic N) is 2. The number of fused-ring (bicyclic) bond motifs is 1. The number of aromatic nitrogens is 2. The zero-order valence-corrected chi connectivity index (χ0v) is 14.7. The first kappa shape index (κ1) is 17.1. The number of benzene rings is 2. The first-order valence-corrected chi connectivity index (χ1v) is 8.91. The molecular weight excluding hydrogens is 331 g/mol. The van der Waals surface area contributed by atoms with Gasteiger partial charge in [-0.25, -0.2) is 9.07 Å². The van der Waals surface area contributed by atoms with Crippen molar-refractivity contribution in [2.75, 3.05) is 13.1 Å². The Balaban J connectivity index is 1.74. The van der Waals surface area contributed by atoms with Crippen molar-refractivity contribution in [1.29, 1.82) is 0 Å². The summed E-state index contributed by atoms with van der Waals surface area (Å²) in [4.78, 5) is 0. The lowest BCUT2D eigenvalue weighted by atomic mass is 9.76. The second-order valence-electron chi connectivity index (χ2n) is 7.31. The van der Waals surface area contributed by atoms with Crippen LogP contribution in [-0.4, -0.2) is 28.0 Å². The van der Waals surface area contributed by atoms with E-state index in [1.165, 1.54) is 6.07 Å². The van der Waals surface area contributed by atoms with Gasteiger partial charge >= 0.3 is 0 Å². The summed E-state index contributed by atoms with van der Waals surface area (Å²) in [5.41, 5.74) is 7.98. The van der Waals surface area contributed by atoms with Gasteiger partial charge in [0.2, 0.25) is 0 Å². The summed E-state index contributed by atoms with van der Waals surface area (Å²) in [5.74, 6) is -0.215. The SMILES string of the molecule is CC1(c2ccc(-n3cc4cccc(C(N)O)c4n3)cc2F)CCCNC1. The summed E-state index contributed by atoms with van der Waals surface area (Å²) in [6.45, 7) is 3.88. The molecule has 0 amide bonds. The van der Waals surface area contributed by atoms with Gasteiger partial charge in [0.25, 0.3) is 0 Å². The number of hydrogen-bond acceptors (Lipinski definition) is 4. The van der Waals surface area contributed by atoms with E-state index < -0.39 is 6.23 Å². The van der Waals surface area contributed by atoms with Gasteiger partial charge in [0.05, 0.1) is 11.2 Å². The van der Waals surface area contributed by atoms with Crippen molar-refractivity contribution in [2.24, 2.45) is 5.73 Å². The third kappa shape index (κ3) is 2.90. The summed E-state index contributed by atoms with van der Waals surface area (Å²) in [6, 6.07) is 10.7. The molecule has 5 nitrogen and oxygen atoms in total. The van der Waals surface area contributed by atoms with E-state index in [4.69, 9.17) is 5.73 Å².